The van der Waals surface area contributed by atoms with Crippen molar-refractivity contribution in [2.75, 3.05) is 88.7 Å². The summed E-state index contributed by atoms with van der Waals surface area (Å²) in [5.74, 6) is 0.247. The fourth-order valence-corrected chi connectivity index (χ4v) is 11.6. The molecule has 468 valence electrons. The van der Waals surface area contributed by atoms with Crippen molar-refractivity contribution in [2.24, 2.45) is 0 Å². The fraction of sp³-hybridized carbons (Fsp3) is 0.545. The predicted molar refractivity (Wildman–Crippen MR) is 357 cm³/mol. The van der Waals surface area contributed by atoms with Gasteiger partial charge >= 0.3 is 23.9 Å². The van der Waals surface area contributed by atoms with Gasteiger partial charge in [0.2, 0.25) is 11.8 Å². The summed E-state index contributed by atoms with van der Waals surface area (Å²) in [6.45, 7) is 12.0. The molecule has 2 unspecified atom stereocenters. The van der Waals surface area contributed by atoms with E-state index >= 15 is 0 Å². The lowest BCUT2D eigenvalue weighted by Crippen LogP contribution is -2.63. The molecule has 84 heavy (non-hydrogen) atoms. The number of allylic oxidation sites excluding steroid dienone is 20. The zero-order valence-corrected chi connectivity index (χ0v) is 54.1. The molecule has 0 aromatic heterocycles. The number of piperazine rings is 1. The van der Waals surface area contributed by atoms with E-state index in [0.29, 0.717) is 62.3 Å². The van der Waals surface area contributed by atoms with Crippen LogP contribution in [0.2, 0.25) is 0 Å². The molecule has 1 saturated heterocycles. The van der Waals surface area contributed by atoms with Gasteiger partial charge in [-0.2, -0.15) is 0 Å². The Morgan fingerprint density at radius 3 is 0.810 bits per heavy atom. The summed E-state index contributed by atoms with van der Waals surface area (Å²) < 4.78 is 21.8. The summed E-state index contributed by atoms with van der Waals surface area (Å²) in [5.41, 5.74) is 0. The number of hydrogen-bond donors (Lipinski definition) is 2. The zero-order valence-electron chi connectivity index (χ0n) is 50.8. The van der Waals surface area contributed by atoms with Gasteiger partial charge in [-0.3, -0.25) is 28.8 Å². The second-order valence-corrected chi connectivity index (χ2v) is 24.2. The number of amides is 2. The molecular formula is C66H100N4O10S4. The molecule has 1 rings (SSSR count). The van der Waals surface area contributed by atoms with Gasteiger partial charge in [0.1, 0.15) is 38.5 Å². The van der Waals surface area contributed by atoms with E-state index in [0.717, 1.165) is 77.0 Å². The number of carbonyl (C=O) groups is 6. The quantitative estimate of drug-likeness (QED) is 0.0194. The highest BCUT2D eigenvalue weighted by molar-refractivity contribution is 8.77. The Kier molecular flexibility index (Phi) is 53.6. The second-order valence-electron chi connectivity index (χ2n) is 18.9. The average Bonchev–Trinajstić information content (AvgIpc) is 3.68. The van der Waals surface area contributed by atoms with Crippen LogP contribution in [0, 0.1) is 0 Å². The Balaban J connectivity index is 2.66. The number of rotatable bonds is 52. The Morgan fingerprint density at radius 1 is 0.345 bits per heavy atom. The molecule has 1 aliphatic heterocycles. The first kappa shape index (κ1) is 77.0. The van der Waals surface area contributed by atoms with E-state index in [-0.39, 0.29) is 87.8 Å². The first-order valence-electron chi connectivity index (χ1n) is 30.1. The third-order valence-corrected chi connectivity index (χ3v) is 16.7. The molecular weight excluding hydrogens is 1140 g/mol. The Labute approximate surface area is 521 Å². The molecule has 18 heteroatoms. The normalized spacial score (nSPS) is 15.4. The lowest BCUT2D eigenvalue weighted by molar-refractivity contribution is -0.144. The van der Waals surface area contributed by atoms with Gasteiger partial charge in [0, 0.05) is 62.3 Å². The maximum Gasteiger partial charge on any atom is 0.307 e. The van der Waals surface area contributed by atoms with Gasteiger partial charge in [-0.1, -0.05) is 217 Å². The van der Waals surface area contributed by atoms with Crippen molar-refractivity contribution < 1.29 is 47.7 Å². The first-order chi connectivity index (χ1) is 41.1. The van der Waals surface area contributed by atoms with Crippen LogP contribution in [0.4, 0.5) is 0 Å². The first-order valence-corrected chi connectivity index (χ1v) is 35.1. The SMILES string of the molecule is CC/C=C\C/C=C\C/C=C\COC(=O)CCN(CCSSCC1NC(=O)C(CSSCCN(CCC(=O)OC/C=C\C/C=C\C/C=C\CC)CCC(=O)OC/C=C\C/C=C\C/C=C\CC)NC1=O)CCC(=O)OC/C=C\C/C=C\C/C=C\CC. The van der Waals surface area contributed by atoms with E-state index in [1.54, 1.807) is 21.6 Å². The summed E-state index contributed by atoms with van der Waals surface area (Å²) in [4.78, 5) is 81.1. The third-order valence-electron chi connectivity index (χ3n) is 11.9. The largest absolute Gasteiger partial charge is 0.461 e. The summed E-state index contributed by atoms with van der Waals surface area (Å²) >= 11 is 0. The van der Waals surface area contributed by atoms with E-state index in [4.69, 9.17) is 18.9 Å². The van der Waals surface area contributed by atoms with Crippen LogP contribution in [-0.4, -0.2) is 146 Å². The van der Waals surface area contributed by atoms with Crippen LogP contribution in [0.25, 0.3) is 0 Å². The number of ether oxygens (including phenoxy) is 4. The number of carbonyl (C=O) groups excluding carboxylic acids is 6. The highest BCUT2D eigenvalue weighted by Gasteiger charge is 2.33. The van der Waals surface area contributed by atoms with Gasteiger partial charge in [0.05, 0.1) is 25.7 Å². The van der Waals surface area contributed by atoms with Gasteiger partial charge in [-0.25, -0.2) is 0 Å². The van der Waals surface area contributed by atoms with Crippen LogP contribution < -0.4 is 10.6 Å². The smallest absolute Gasteiger partial charge is 0.307 e. The molecule has 1 heterocycles. The fourth-order valence-electron chi connectivity index (χ4n) is 7.22. The number of esters is 4. The van der Waals surface area contributed by atoms with Crippen molar-refractivity contribution in [1.82, 2.24) is 20.4 Å². The molecule has 2 N–H and O–H groups in total. The number of nitrogens with one attached hydrogen (secondary N) is 2. The van der Waals surface area contributed by atoms with Crippen LogP contribution in [0.15, 0.2) is 146 Å². The van der Waals surface area contributed by atoms with Gasteiger partial charge in [-0.05, 0) is 77.0 Å². The highest BCUT2D eigenvalue weighted by atomic mass is 33.1. The van der Waals surface area contributed by atoms with E-state index in [9.17, 15) is 28.8 Å². The van der Waals surface area contributed by atoms with Gasteiger partial charge in [0.25, 0.3) is 0 Å². The van der Waals surface area contributed by atoms with Gasteiger partial charge < -0.3 is 39.4 Å². The van der Waals surface area contributed by atoms with Gasteiger partial charge in [0.15, 0.2) is 0 Å². The molecule has 0 aromatic carbocycles. The molecule has 2 atom stereocenters. The Bertz CT molecular complexity index is 1890. The molecule has 0 spiro atoms. The molecule has 0 aromatic rings. The second kappa shape index (κ2) is 58.4. The van der Waals surface area contributed by atoms with Crippen molar-refractivity contribution in [3.8, 4) is 0 Å². The minimum atomic E-state index is -0.690. The van der Waals surface area contributed by atoms with Crippen LogP contribution in [0.3, 0.4) is 0 Å². The summed E-state index contributed by atoms with van der Waals surface area (Å²) in [6.07, 6.45) is 60.4. The predicted octanol–water partition coefficient (Wildman–Crippen LogP) is 13.5. The Hall–Kier alpha value is -4.98. The van der Waals surface area contributed by atoms with Crippen molar-refractivity contribution in [1.29, 1.82) is 0 Å². The minimum absolute atomic E-state index is 0.167. The van der Waals surface area contributed by atoms with Gasteiger partial charge in [-0.15, -0.1) is 0 Å². The summed E-state index contributed by atoms with van der Waals surface area (Å²) in [6, 6.07) is -1.38. The van der Waals surface area contributed by atoms with E-state index in [1.165, 1.54) is 21.6 Å². The highest BCUT2D eigenvalue weighted by Crippen LogP contribution is 2.25. The maximum absolute atomic E-state index is 13.2. The van der Waals surface area contributed by atoms with Crippen LogP contribution in [0.1, 0.15) is 130 Å². The van der Waals surface area contributed by atoms with Crippen LogP contribution >= 0.6 is 43.2 Å². The molecule has 0 aliphatic carbocycles. The maximum atomic E-state index is 13.2. The van der Waals surface area contributed by atoms with Crippen molar-refractivity contribution in [3.63, 3.8) is 0 Å². The summed E-state index contributed by atoms with van der Waals surface area (Å²) in [7, 11) is 6.06. The minimum Gasteiger partial charge on any atom is -0.461 e. The van der Waals surface area contributed by atoms with Crippen molar-refractivity contribution in [3.05, 3.63) is 146 Å². The monoisotopic (exact) mass is 1240 g/mol. The number of hydrogen-bond acceptors (Lipinski definition) is 16. The molecule has 1 fully saturated rings. The molecule has 1 aliphatic rings. The standard InChI is InChI=1S/C66H100N4O10S4/c1-5-9-13-17-21-25-29-33-37-51-77-61(71)41-45-69(46-42-62(72)78-52-38-34-30-26-22-18-14-10-6-2)49-55-81-83-57-59-65(75)68-60(66(76)67-59)58-84-82-56-50-70(47-43-63(73)79-53-39-35-31-27-23-19-15-11-7-3)48-44-64(74)80-54-40-36-32-28-24-20-16-12-8-4/h9-16,21-28,33-40,59-60H,5-8,17-20,29-32,41-58H2,1-4H3,(H,67,76)(H,68,75)/b13-9-,14-10-,15-11-,16-12-,25-21-,26-22-,27-23-,28-24-,37-33-,38-34-,39-35-,40-36-. The van der Waals surface area contributed by atoms with Crippen molar-refractivity contribution in [2.45, 2.75) is 143 Å². The average molecular weight is 1240 g/mol. The number of nitrogens with zero attached hydrogens (tertiary/aromatic N) is 2. The Morgan fingerprint density at radius 2 is 0.571 bits per heavy atom. The van der Waals surface area contributed by atoms with Crippen LogP contribution in [0.5, 0.6) is 0 Å². The molecule has 0 bridgehead atoms. The topological polar surface area (TPSA) is 170 Å². The molecule has 14 nitrogen and oxygen atoms in total. The zero-order chi connectivity index (χ0) is 61.0. The van der Waals surface area contributed by atoms with E-state index in [2.05, 4.69) is 136 Å². The van der Waals surface area contributed by atoms with E-state index in [1.807, 2.05) is 58.4 Å². The lowest BCUT2D eigenvalue weighted by atomic mass is 10.2. The lowest BCUT2D eigenvalue weighted by Gasteiger charge is -2.29. The van der Waals surface area contributed by atoms with E-state index < -0.39 is 12.1 Å². The van der Waals surface area contributed by atoms with Crippen LogP contribution in [-0.2, 0) is 47.7 Å². The molecule has 0 saturated carbocycles. The third kappa shape index (κ3) is 49.3. The summed E-state index contributed by atoms with van der Waals surface area (Å²) in [5, 5.41) is 5.78. The molecule has 2 amide bonds. The van der Waals surface area contributed by atoms with Crippen molar-refractivity contribution >= 4 is 78.9 Å². The molecule has 0 radical (unpaired) electrons.